The van der Waals surface area contributed by atoms with Gasteiger partial charge in [-0.2, -0.15) is 8.42 Å². The molecule has 2 heterocycles. The molecule has 0 radical (unpaired) electrons. The third-order valence-electron chi connectivity index (χ3n) is 4.02. The van der Waals surface area contributed by atoms with Crippen LogP contribution >= 0.6 is 0 Å². The van der Waals surface area contributed by atoms with Crippen molar-refractivity contribution in [2.75, 3.05) is 6.54 Å². The van der Waals surface area contributed by atoms with Crippen LogP contribution in [0.4, 0.5) is 0 Å². The molecule has 0 saturated carbocycles. The first kappa shape index (κ1) is 14.9. The van der Waals surface area contributed by atoms with Crippen LogP contribution in [-0.4, -0.2) is 57.7 Å². The van der Waals surface area contributed by atoms with Crippen molar-refractivity contribution in [1.82, 2.24) is 9.21 Å². The van der Waals surface area contributed by atoms with Crippen LogP contribution in [0.5, 0.6) is 0 Å². The Morgan fingerprint density at radius 2 is 1.91 bits per heavy atom. The highest BCUT2D eigenvalue weighted by Gasteiger charge is 2.60. The summed E-state index contributed by atoms with van der Waals surface area (Å²) in [6.07, 6.45) is -1.17. The van der Waals surface area contributed by atoms with Crippen LogP contribution < -0.4 is 0 Å². The molecule has 0 unspecified atom stereocenters. The van der Waals surface area contributed by atoms with E-state index in [1.807, 2.05) is 0 Å². The second-order valence-corrected chi connectivity index (χ2v) is 6.55. The summed E-state index contributed by atoms with van der Waals surface area (Å²) in [5.41, 5.74) is 0.398. The molecule has 118 valence electrons. The number of nitrogens with zero attached hydrogens (tertiary/aromatic N) is 2. The predicted octanol–water partition coefficient (Wildman–Crippen LogP) is -0.665. The molecule has 1 aromatic rings. The second kappa shape index (κ2) is 5.04. The molecule has 2 fully saturated rings. The number of β-lactam (4-membered cyclic amide) rings is 1. The minimum Gasteiger partial charge on any atom is -0.378 e. The number of hydrogen-bond acceptors (Lipinski definition) is 5. The fourth-order valence-electron chi connectivity index (χ4n) is 3.00. The SMILES string of the molecule is O=C([C@H](O)c1ccccc1)N1CC[C@@H]2[C@H]1C(=O)N2S(=O)(=O)O. The maximum atomic E-state index is 12.3. The van der Waals surface area contributed by atoms with Gasteiger partial charge in [-0.1, -0.05) is 30.3 Å². The van der Waals surface area contributed by atoms with E-state index < -0.39 is 40.3 Å². The Balaban J connectivity index is 1.78. The summed E-state index contributed by atoms with van der Waals surface area (Å²) in [5.74, 6) is -1.50. The van der Waals surface area contributed by atoms with Gasteiger partial charge in [-0.3, -0.25) is 14.1 Å². The number of benzene rings is 1. The molecule has 3 rings (SSSR count). The van der Waals surface area contributed by atoms with Crippen LogP contribution in [0.3, 0.4) is 0 Å². The Kier molecular flexibility index (Phi) is 3.42. The molecular weight excluding hydrogens is 312 g/mol. The van der Waals surface area contributed by atoms with Gasteiger partial charge in [0.2, 0.25) is 0 Å². The molecule has 2 N–H and O–H groups in total. The third-order valence-corrected chi connectivity index (χ3v) is 4.97. The molecule has 0 bridgehead atoms. The van der Waals surface area contributed by atoms with Crippen LogP contribution in [0, 0.1) is 0 Å². The smallest absolute Gasteiger partial charge is 0.362 e. The second-order valence-electron chi connectivity index (χ2n) is 5.26. The van der Waals surface area contributed by atoms with Gasteiger partial charge in [0.15, 0.2) is 6.10 Å². The van der Waals surface area contributed by atoms with Crippen molar-refractivity contribution in [3.63, 3.8) is 0 Å². The number of aliphatic hydroxyl groups excluding tert-OH is 1. The van der Waals surface area contributed by atoms with Gasteiger partial charge in [0.1, 0.15) is 6.04 Å². The molecule has 9 heteroatoms. The summed E-state index contributed by atoms with van der Waals surface area (Å²) in [7, 11) is -4.61. The Labute approximate surface area is 126 Å². The highest BCUT2D eigenvalue weighted by molar-refractivity contribution is 7.84. The Hall–Kier alpha value is -1.97. The quantitative estimate of drug-likeness (QED) is 0.562. The molecule has 8 nitrogen and oxygen atoms in total. The van der Waals surface area contributed by atoms with E-state index in [2.05, 4.69) is 0 Å². The fraction of sp³-hybridized carbons (Fsp3) is 0.385. The van der Waals surface area contributed by atoms with Crippen LogP contribution in [0.2, 0.25) is 0 Å². The van der Waals surface area contributed by atoms with Gasteiger partial charge in [0, 0.05) is 6.54 Å². The first-order valence-electron chi connectivity index (χ1n) is 6.66. The fourth-order valence-corrected chi connectivity index (χ4v) is 3.90. The minimum absolute atomic E-state index is 0.149. The Morgan fingerprint density at radius 1 is 1.27 bits per heavy atom. The molecule has 1 aromatic carbocycles. The van der Waals surface area contributed by atoms with Gasteiger partial charge in [-0.05, 0) is 12.0 Å². The first-order valence-corrected chi connectivity index (χ1v) is 8.06. The predicted molar refractivity (Wildman–Crippen MR) is 73.7 cm³/mol. The highest BCUT2D eigenvalue weighted by Crippen LogP contribution is 2.36. The van der Waals surface area contributed by atoms with Gasteiger partial charge in [-0.15, -0.1) is 0 Å². The summed E-state index contributed by atoms with van der Waals surface area (Å²) >= 11 is 0. The lowest BCUT2D eigenvalue weighted by atomic mass is 9.99. The summed E-state index contributed by atoms with van der Waals surface area (Å²) in [6, 6.07) is 6.57. The van der Waals surface area contributed by atoms with E-state index in [1.165, 1.54) is 4.90 Å². The van der Waals surface area contributed by atoms with Gasteiger partial charge < -0.3 is 10.0 Å². The van der Waals surface area contributed by atoms with Crippen LogP contribution in [0.25, 0.3) is 0 Å². The van der Waals surface area contributed by atoms with Crippen molar-refractivity contribution in [3.05, 3.63) is 35.9 Å². The highest BCUT2D eigenvalue weighted by atomic mass is 32.2. The molecule has 0 aromatic heterocycles. The lowest BCUT2D eigenvalue weighted by Gasteiger charge is -2.42. The minimum atomic E-state index is -4.61. The molecule has 2 aliphatic rings. The summed E-state index contributed by atoms with van der Waals surface area (Å²) in [4.78, 5) is 25.4. The number of hydrogen-bond donors (Lipinski definition) is 2. The largest absolute Gasteiger partial charge is 0.378 e. The standard InChI is InChI=1S/C13H14N2O6S/c16-11(8-4-2-1-3-5-8)13(18)14-7-6-9-10(14)12(17)15(9)22(19,20)21/h1-5,9-11,16H,6-7H2,(H,19,20,21)/t9-,10+,11-/m1/s1. The normalized spacial score (nSPS) is 25.6. The number of rotatable bonds is 3. The number of likely N-dealkylation sites (tertiary alicyclic amines) is 1. The van der Waals surface area contributed by atoms with E-state index in [1.54, 1.807) is 30.3 Å². The zero-order valence-electron chi connectivity index (χ0n) is 11.4. The number of aliphatic hydroxyl groups is 1. The molecule has 2 aliphatic heterocycles. The third kappa shape index (κ3) is 2.18. The van der Waals surface area contributed by atoms with Gasteiger partial charge >= 0.3 is 10.3 Å². The lowest BCUT2D eigenvalue weighted by molar-refractivity contribution is -0.155. The van der Waals surface area contributed by atoms with Crippen molar-refractivity contribution in [2.45, 2.75) is 24.6 Å². The molecule has 22 heavy (non-hydrogen) atoms. The molecular formula is C13H14N2O6S. The van der Waals surface area contributed by atoms with Crippen molar-refractivity contribution in [3.8, 4) is 0 Å². The van der Waals surface area contributed by atoms with Crippen molar-refractivity contribution >= 4 is 22.1 Å². The molecule has 0 aliphatic carbocycles. The average molecular weight is 326 g/mol. The lowest BCUT2D eigenvalue weighted by Crippen LogP contribution is -2.68. The summed E-state index contributed by atoms with van der Waals surface area (Å²) in [5, 5.41) is 10.1. The Morgan fingerprint density at radius 3 is 2.50 bits per heavy atom. The van der Waals surface area contributed by atoms with E-state index in [9.17, 15) is 23.1 Å². The topological polar surface area (TPSA) is 115 Å². The zero-order chi connectivity index (χ0) is 16.1. The van der Waals surface area contributed by atoms with Crippen LogP contribution in [0.1, 0.15) is 18.1 Å². The van der Waals surface area contributed by atoms with Crippen molar-refractivity contribution in [2.24, 2.45) is 0 Å². The van der Waals surface area contributed by atoms with E-state index in [-0.39, 0.29) is 13.0 Å². The Bertz CT molecular complexity index is 719. The summed E-state index contributed by atoms with van der Waals surface area (Å²) in [6.45, 7) is 0.149. The molecule has 2 saturated heterocycles. The monoisotopic (exact) mass is 326 g/mol. The van der Waals surface area contributed by atoms with E-state index in [0.717, 1.165) is 0 Å². The van der Waals surface area contributed by atoms with E-state index in [0.29, 0.717) is 9.87 Å². The molecule has 2 amide bonds. The molecule has 0 spiro atoms. The van der Waals surface area contributed by atoms with Crippen LogP contribution in [-0.2, 0) is 19.9 Å². The zero-order valence-corrected chi connectivity index (χ0v) is 12.2. The average Bonchev–Trinajstić information content (AvgIpc) is 2.83. The summed E-state index contributed by atoms with van der Waals surface area (Å²) < 4.78 is 31.6. The van der Waals surface area contributed by atoms with E-state index >= 15 is 0 Å². The number of carbonyl (C=O) groups is 2. The number of amides is 2. The van der Waals surface area contributed by atoms with Crippen molar-refractivity contribution < 1.29 is 27.7 Å². The maximum absolute atomic E-state index is 12.3. The molecule has 3 atom stereocenters. The number of fused-ring (bicyclic) bond motifs is 1. The van der Waals surface area contributed by atoms with Crippen LogP contribution in [0.15, 0.2) is 30.3 Å². The van der Waals surface area contributed by atoms with Gasteiger partial charge in [0.25, 0.3) is 11.8 Å². The van der Waals surface area contributed by atoms with Gasteiger partial charge in [-0.25, -0.2) is 4.31 Å². The van der Waals surface area contributed by atoms with Crippen molar-refractivity contribution in [1.29, 1.82) is 0 Å². The maximum Gasteiger partial charge on any atom is 0.362 e. The van der Waals surface area contributed by atoms with Gasteiger partial charge in [0.05, 0.1) is 6.04 Å². The first-order chi connectivity index (χ1) is 10.3. The number of carbonyl (C=O) groups excluding carboxylic acids is 2. The van der Waals surface area contributed by atoms with E-state index in [4.69, 9.17) is 4.55 Å².